The van der Waals surface area contributed by atoms with E-state index in [2.05, 4.69) is 17.5 Å². The number of carbonyl (C=O) groups excluding carboxylic acids is 1. The Morgan fingerprint density at radius 3 is 2.65 bits per heavy atom. The summed E-state index contributed by atoms with van der Waals surface area (Å²) in [5.74, 6) is 2.50. The van der Waals surface area contributed by atoms with E-state index in [0.717, 1.165) is 18.3 Å². The molecule has 1 N–H and O–H groups in total. The maximum atomic E-state index is 11.6. The van der Waals surface area contributed by atoms with E-state index < -0.39 is 0 Å². The molecule has 0 saturated heterocycles. The van der Waals surface area contributed by atoms with Crippen LogP contribution in [0.3, 0.4) is 0 Å². The molecule has 0 aliphatic heterocycles. The largest absolute Gasteiger partial charge is 0.273 e. The predicted molar refractivity (Wildman–Crippen MR) is 83.6 cm³/mol. The highest BCUT2D eigenvalue weighted by molar-refractivity contribution is 5.76. The third-order valence-electron chi connectivity index (χ3n) is 5.01. The van der Waals surface area contributed by atoms with Gasteiger partial charge in [0.25, 0.3) is 0 Å². The molecule has 2 rings (SSSR count). The van der Waals surface area contributed by atoms with Gasteiger partial charge >= 0.3 is 0 Å². The standard InChI is InChI=1S/C17H30N2O/c1-2-3-4-5-6-7-8-17(20)19-18-13-16-12-14-9-10-15(16)11-14/h13-16H,2-12H2,1H3,(H,19,20). The minimum atomic E-state index is 0.0832. The van der Waals surface area contributed by atoms with Gasteiger partial charge in [-0.25, -0.2) is 5.43 Å². The minimum Gasteiger partial charge on any atom is -0.273 e. The Hall–Kier alpha value is -0.860. The van der Waals surface area contributed by atoms with Crippen LogP contribution < -0.4 is 5.43 Å². The van der Waals surface area contributed by atoms with Gasteiger partial charge in [0.15, 0.2) is 0 Å². The van der Waals surface area contributed by atoms with Crippen molar-refractivity contribution in [3.8, 4) is 0 Å². The summed E-state index contributed by atoms with van der Waals surface area (Å²) in [6, 6.07) is 0. The fraction of sp³-hybridized carbons (Fsp3) is 0.882. The number of amides is 1. The van der Waals surface area contributed by atoms with Crippen molar-refractivity contribution in [2.24, 2.45) is 22.9 Å². The van der Waals surface area contributed by atoms with Crippen molar-refractivity contribution < 1.29 is 4.79 Å². The monoisotopic (exact) mass is 278 g/mol. The van der Waals surface area contributed by atoms with Gasteiger partial charge < -0.3 is 0 Å². The van der Waals surface area contributed by atoms with Crippen LogP contribution in [0.2, 0.25) is 0 Å². The second kappa shape index (κ2) is 8.43. The average molecular weight is 278 g/mol. The van der Waals surface area contributed by atoms with Gasteiger partial charge in [-0.3, -0.25) is 4.79 Å². The average Bonchev–Trinajstić information content (AvgIpc) is 3.05. The Kier molecular flexibility index (Phi) is 6.55. The van der Waals surface area contributed by atoms with Gasteiger partial charge in [-0.15, -0.1) is 0 Å². The van der Waals surface area contributed by atoms with Gasteiger partial charge in [0.1, 0.15) is 0 Å². The quantitative estimate of drug-likeness (QED) is 0.382. The molecule has 2 fully saturated rings. The van der Waals surface area contributed by atoms with Gasteiger partial charge in [0.05, 0.1) is 0 Å². The molecule has 3 atom stereocenters. The Labute approximate surface area is 123 Å². The first kappa shape index (κ1) is 15.5. The molecule has 3 nitrogen and oxygen atoms in total. The van der Waals surface area contributed by atoms with Gasteiger partial charge in [-0.2, -0.15) is 5.10 Å². The van der Waals surface area contributed by atoms with Crippen LogP contribution in [-0.2, 0) is 4.79 Å². The fourth-order valence-electron chi connectivity index (χ4n) is 3.80. The molecular formula is C17H30N2O. The molecule has 114 valence electrons. The topological polar surface area (TPSA) is 41.5 Å². The Balaban J connectivity index is 1.50. The molecule has 2 saturated carbocycles. The maximum absolute atomic E-state index is 11.6. The number of hydrazone groups is 1. The van der Waals surface area contributed by atoms with Crippen molar-refractivity contribution in [3.05, 3.63) is 0 Å². The van der Waals surface area contributed by atoms with E-state index in [9.17, 15) is 4.79 Å². The number of hydrogen-bond acceptors (Lipinski definition) is 2. The number of hydrogen-bond donors (Lipinski definition) is 1. The number of fused-ring (bicyclic) bond motifs is 2. The lowest BCUT2D eigenvalue weighted by atomic mass is 9.90. The molecule has 0 radical (unpaired) electrons. The highest BCUT2D eigenvalue weighted by atomic mass is 16.2. The second-order valence-corrected chi connectivity index (χ2v) is 6.67. The van der Waals surface area contributed by atoms with E-state index in [1.54, 1.807) is 0 Å². The van der Waals surface area contributed by atoms with Gasteiger partial charge in [0.2, 0.25) is 5.91 Å². The molecule has 0 aromatic rings. The molecule has 2 aliphatic carbocycles. The van der Waals surface area contributed by atoms with E-state index in [1.165, 1.54) is 57.8 Å². The Morgan fingerprint density at radius 2 is 1.95 bits per heavy atom. The summed E-state index contributed by atoms with van der Waals surface area (Å²) in [4.78, 5) is 11.6. The molecule has 3 heteroatoms. The molecule has 2 bridgehead atoms. The molecule has 0 aromatic carbocycles. The highest BCUT2D eigenvalue weighted by Gasteiger charge is 2.38. The second-order valence-electron chi connectivity index (χ2n) is 6.67. The molecule has 1 amide bonds. The van der Waals surface area contributed by atoms with Crippen molar-refractivity contribution in [3.63, 3.8) is 0 Å². The van der Waals surface area contributed by atoms with E-state index in [4.69, 9.17) is 0 Å². The Morgan fingerprint density at radius 1 is 1.15 bits per heavy atom. The molecule has 20 heavy (non-hydrogen) atoms. The van der Waals surface area contributed by atoms with Crippen molar-refractivity contribution in [1.82, 2.24) is 5.43 Å². The number of carbonyl (C=O) groups is 1. The summed E-state index contributed by atoms with van der Waals surface area (Å²) in [6.45, 7) is 2.22. The lowest BCUT2D eigenvalue weighted by Gasteiger charge is -2.16. The van der Waals surface area contributed by atoms with Crippen LogP contribution in [0.25, 0.3) is 0 Å². The van der Waals surface area contributed by atoms with Gasteiger partial charge in [-0.1, -0.05) is 45.4 Å². The van der Waals surface area contributed by atoms with E-state index in [1.807, 2.05) is 6.21 Å². The van der Waals surface area contributed by atoms with Crippen LogP contribution in [0.15, 0.2) is 5.10 Å². The van der Waals surface area contributed by atoms with Crippen molar-refractivity contribution in [2.75, 3.05) is 0 Å². The van der Waals surface area contributed by atoms with Crippen LogP contribution in [0.5, 0.6) is 0 Å². The highest BCUT2D eigenvalue weighted by Crippen LogP contribution is 2.47. The van der Waals surface area contributed by atoms with Gasteiger partial charge in [-0.05, 0) is 43.4 Å². The third kappa shape index (κ3) is 4.92. The van der Waals surface area contributed by atoms with E-state index >= 15 is 0 Å². The Bertz CT molecular complexity index is 327. The van der Waals surface area contributed by atoms with Crippen LogP contribution in [-0.4, -0.2) is 12.1 Å². The van der Waals surface area contributed by atoms with Crippen LogP contribution in [0.4, 0.5) is 0 Å². The maximum Gasteiger partial charge on any atom is 0.240 e. The molecular weight excluding hydrogens is 248 g/mol. The SMILES string of the molecule is CCCCCCCCC(=O)NN=CC1CC2CCC1C2. The summed E-state index contributed by atoms with van der Waals surface area (Å²) < 4.78 is 0. The van der Waals surface area contributed by atoms with Crippen molar-refractivity contribution in [2.45, 2.75) is 77.6 Å². The summed E-state index contributed by atoms with van der Waals surface area (Å²) >= 11 is 0. The molecule has 2 aliphatic rings. The van der Waals surface area contributed by atoms with Crippen molar-refractivity contribution >= 4 is 12.1 Å². The van der Waals surface area contributed by atoms with Crippen molar-refractivity contribution in [1.29, 1.82) is 0 Å². The van der Waals surface area contributed by atoms with E-state index in [-0.39, 0.29) is 5.91 Å². The summed E-state index contributed by atoms with van der Waals surface area (Å²) in [7, 11) is 0. The number of nitrogens with one attached hydrogen (secondary N) is 1. The number of rotatable bonds is 9. The van der Waals surface area contributed by atoms with Crippen LogP contribution >= 0.6 is 0 Å². The minimum absolute atomic E-state index is 0.0832. The lowest BCUT2D eigenvalue weighted by molar-refractivity contribution is -0.121. The molecule has 0 heterocycles. The smallest absolute Gasteiger partial charge is 0.240 e. The lowest BCUT2D eigenvalue weighted by Crippen LogP contribution is -2.19. The fourth-order valence-corrected chi connectivity index (χ4v) is 3.80. The normalized spacial score (nSPS) is 28.4. The predicted octanol–water partition coefficient (Wildman–Crippen LogP) is 4.28. The zero-order chi connectivity index (χ0) is 14.2. The zero-order valence-electron chi connectivity index (χ0n) is 12.9. The first-order valence-electron chi connectivity index (χ1n) is 8.61. The molecule has 0 spiro atoms. The summed E-state index contributed by atoms with van der Waals surface area (Å²) in [6.07, 6.45) is 15.4. The zero-order valence-corrected chi connectivity index (χ0v) is 12.9. The number of unbranched alkanes of at least 4 members (excludes halogenated alkanes) is 5. The first-order chi connectivity index (χ1) is 9.79. The summed E-state index contributed by atoms with van der Waals surface area (Å²) in [5, 5.41) is 4.18. The molecule has 0 aromatic heterocycles. The number of nitrogens with zero attached hydrogens (tertiary/aromatic N) is 1. The van der Waals surface area contributed by atoms with Crippen LogP contribution in [0.1, 0.15) is 77.6 Å². The van der Waals surface area contributed by atoms with Gasteiger partial charge in [0, 0.05) is 12.6 Å². The summed E-state index contributed by atoms with van der Waals surface area (Å²) in [5.41, 5.74) is 2.70. The first-order valence-corrected chi connectivity index (χ1v) is 8.61. The van der Waals surface area contributed by atoms with E-state index in [0.29, 0.717) is 12.3 Å². The molecule has 3 unspecified atom stereocenters. The van der Waals surface area contributed by atoms with Crippen LogP contribution in [0, 0.1) is 17.8 Å². The third-order valence-corrected chi connectivity index (χ3v) is 5.01.